The largest absolute Gasteiger partial charge is 0.474 e. The van der Waals surface area contributed by atoms with E-state index in [0.717, 1.165) is 12.8 Å². The van der Waals surface area contributed by atoms with E-state index < -0.39 is 6.04 Å². The molecule has 2 N–H and O–H groups in total. The van der Waals surface area contributed by atoms with Crippen LogP contribution in [0.3, 0.4) is 0 Å². The summed E-state index contributed by atoms with van der Waals surface area (Å²) in [4.78, 5) is 16.6. The Morgan fingerprint density at radius 1 is 1.38 bits per heavy atom. The van der Waals surface area contributed by atoms with Gasteiger partial charge in [-0.15, -0.1) is 0 Å². The summed E-state index contributed by atoms with van der Waals surface area (Å²) in [6.45, 7) is -0.240. The third-order valence-corrected chi connectivity index (χ3v) is 4.21. The van der Waals surface area contributed by atoms with E-state index >= 15 is 0 Å². The van der Waals surface area contributed by atoms with Crippen LogP contribution < -0.4 is 10.1 Å². The van der Waals surface area contributed by atoms with Crippen LogP contribution in [-0.4, -0.2) is 28.7 Å². The zero-order valence-electron chi connectivity index (χ0n) is 13.5. The van der Waals surface area contributed by atoms with Crippen molar-refractivity contribution in [3.05, 3.63) is 48.0 Å². The number of aliphatic hydroxyl groups excluding tert-OH is 1. The van der Waals surface area contributed by atoms with Crippen LogP contribution in [0.5, 0.6) is 5.88 Å². The molecule has 1 unspecified atom stereocenters. The number of furan rings is 1. The predicted octanol–water partition coefficient (Wildman–Crippen LogP) is 2.85. The normalized spacial score (nSPS) is 16.5. The number of amides is 1. The molecule has 1 aliphatic rings. The average Bonchev–Trinajstić information content (AvgIpc) is 3.15. The molecule has 0 bridgehead atoms. The second-order valence-electron chi connectivity index (χ2n) is 5.98. The molecule has 0 radical (unpaired) electrons. The maximum Gasteiger partial charge on any atom is 0.252 e. The first-order valence-electron chi connectivity index (χ1n) is 8.34. The molecule has 0 aliphatic heterocycles. The maximum absolute atomic E-state index is 12.4. The maximum atomic E-state index is 12.4. The molecule has 2 aromatic rings. The van der Waals surface area contributed by atoms with Gasteiger partial charge in [0, 0.05) is 17.8 Å². The van der Waals surface area contributed by atoms with E-state index in [1.165, 1.54) is 25.5 Å². The van der Waals surface area contributed by atoms with Crippen molar-refractivity contribution in [2.24, 2.45) is 0 Å². The van der Waals surface area contributed by atoms with Crippen LogP contribution in [0, 0.1) is 0 Å². The molecule has 1 atom stereocenters. The van der Waals surface area contributed by atoms with Crippen LogP contribution >= 0.6 is 0 Å². The average molecular weight is 330 g/mol. The van der Waals surface area contributed by atoms with Crippen molar-refractivity contribution in [2.45, 2.75) is 44.2 Å². The molecule has 0 saturated heterocycles. The minimum Gasteiger partial charge on any atom is -0.474 e. The van der Waals surface area contributed by atoms with E-state index in [1.807, 2.05) is 0 Å². The highest BCUT2D eigenvalue weighted by Crippen LogP contribution is 2.23. The number of nitrogens with one attached hydrogen (secondary N) is 1. The van der Waals surface area contributed by atoms with Gasteiger partial charge in [-0.2, -0.15) is 0 Å². The number of hydrogen-bond donors (Lipinski definition) is 2. The Morgan fingerprint density at radius 2 is 2.21 bits per heavy atom. The van der Waals surface area contributed by atoms with Gasteiger partial charge in [-0.05, 0) is 43.9 Å². The molecule has 1 aliphatic carbocycles. The number of ether oxygens (including phenoxy) is 1. The predicted molar refractivity (Wildman–Crippen MR) is 87.7 cm³/mol. The Morgan fingerprint density at radius 3 is 2.92 bits per heavy atom. The van der Waals surface area contributed by atoms with E-state index in [1.54, 1.807) is 30.5 Å². The molecule has 0 aromatic carbocycles. The summed E-state index contributed by atoms with van der Waals surface area (Å²) in [5.74, 6) is 0.674. The molecule has 0 spiro atoms. The second-order valence-corrected chi connectivity index (χ2v) is 5.98. The lowest BCUT2D eigenvalue weighted by Gasteiger charge is -2.22. The number of aromatic nitrogens is 1. The third kappa shape index (κ3) is 4.14. The van der Waals surface area contributed by atoms with Gasteiger partial charge in [0.1, 0.15) is 17.9 Å². The Labute approximate surface area is 140 Å². The SMILES string of the molecule is O=C(NC(CO)c1ccco1)c1ccnc(OC2CCCCC2)c1. The number of aliphatic hydroxyl groups is 1. The molecule has 1 saturated carbocycles. The van der Waals surface area contributed by atoms with Crippen molar-refractivity contribution < 1.29 is 19.1 Å². The van der Waals surface area contributed by atoms with E-state index in [0.29, 0.717) is 17.2 Å². The molecule has 1 amide bonds. The van der Waals surface area contributed by atoms with Crippen LogP contribution in [0.25, 0.3) is 0 Å². The number of hydrogen-bond acceptors (Lipinski definition) is 5. The molecule has 3 rings (SSSR count). The van der Waals surface area contributed by atoms with Gasteiger partial charge >= 0.3 is 0 Å². The van der Waals surface area contributed by atoms with Crippen molar-refractivity contribution in [2.75, 3.05) is 6.61 Å². The lowest BCUT2D eigenvalue weighted by molar-refractivity contribution is 0.0905. The van der Waals surface area contributed by atoms with Gasteiger partial charge in [-0.3, -0.25) is 4.79 Å². The first kappa shape index (κ1) is 16.5. The number of rotatable bonds is 6. The highest BCUT2D eigenvalue weighted by Gasteiger charge is 2.19. The molecule has 6 heteroatoms. The van der Waals surface area contributed by atoms with Crippen LogP contribution in [0.1, 0.15) is 54.3 Å². The fraction of sp³-hybridized carbons (Fsp3) is 0.444. The summed E-state index contributed by atoms with van der Waals surface area (Å²) in [5, 5.41) is 12.2. The van der Waals surface area contributed by atoms with Gasteiger partial charge in [0.05, 0.1) is 12.9 Å². The van der Waals surface area contributed by atoms with Crippen molar-refractivity contribution in [1.29, 1.82) is 0 Å². The smallest absolute Gasteiger partial charge is 0.252 e. The van der Waals surface area contributed by atoms with Gasteiger partial charge in [0.25, 0.3) is 5.91 Å². The molecule has 2 aromatic heterocycles. The molecular weight excluding hydrogens is 308 g/mol. The van der Waals surface area contributed by atoms with Gasteiger partial charge in [0.2, 0.25) is 5.88 Å². The lowest BCUT2D eigenvalue weighted by atomic mass is 9.98. The van der Waals surface area contributed by atoms with Crippen LogP contribution in [0.2, 0.25) is 0 Å². The number of carbonyl (C=O) groups excluding carboxylic acids is 1. The topological polar surface area (TPSA) is 84.6 Å². The Bertz CT molecular complexity index is 651. The molecule has 2 heterocycles. The van der Waals surface area contributed by atoms with Crippen LogP contribution in [0.15, 0.2) is 41.1 Å². The summed E-state index contributed by atoms with van der Waals surface area (Å²) in [6, 6.07) is 6.11. The van der Waals surface area contributed by atoms with Crippen molar-refractivity contribution in [3.63, 3.8) is 0 Å². The van der Waals surface area contributed by atoms with Crippen molar-refractivity contribution in [1.82, 2.24) is 10.3 Å². The van der Waals surface area contributed by atoms with Gasteiger partial charge in [0.15, 0.2) is 0 Å². The van der Waals surface area contributed by atoms with Gasteiger partial charge < -0.3 is 19.6 Å². The van der Waals surface area contributed by atoms with Gasteiger partial charge in [-0.1, -0.05) is 6.42 Å². The zero-order chi connectivity index (χ0) is 16.8. The first-order valence-corrected chi connectivity index (χ1v) is 8.34. The van der Waals surface area contributed by atoms with Crippen LogP contribution in [0.4, 0.5) is 0 Å². The number of carbonyl (C=O) groups is 1. The number of nitrogens with zero attached hydrogens (tertiary/aromatic N) is 1. The Hall–Kier alpha value is -2.34. The fourth-order valence-electron chi connectivity index (χ4n) is 2.91. The highest BCUT2D eigenvalue weighted by molar-refractivity contribution is 5.94. The lowest BCUT2D eigenvalue weighted by Crippen LogP contribution is -2.30. The standard InChI is InChI=1S/C18H22N2O4/c21-12-15(16-7-4-10-23-16)20-18(22)13-8-9-19-17(11-13)24-14-5-2-1-3-6-14/h4,7-11,14-15,21H,1-3,5-6,12H2,(H,20,22). The minimum absolute atomic E-state index is 0.179. The Kier molecular flexibility index (Phi) is 5.48. The van der Waals surface area contributed by atoms with Crippen LogP contribution in [-0.2, 0) is 0 Å². The molecule has 1 fully saturated rings. The second kappa shape index (κ2) is 7.97. The molecule has 128 valence electrons. The first-order chi connectivity index (χ1) is 11.8. The zero-order valence-corrected chi connectivity index (χ0v) is 13.5. The van der Waals surface area contributed by atoms with E-state index in [4.69, 9.17) is 9.15 Å². The number of pyridine rings is 1. The highest BCUT2D eigenvalue weighted by atomic mass is 16.5. The summed E-state index contributed by atoms with van der Waals surface area (Å²) < 4.78 is 11.1. The van der Waals surface area contributed by atoms with E-state index in [9.17, 15) is 9.90 Å². The third-order valence-electron chi connectivity index (χ3n) is 4.21. The molecule has 6 nitrogen and oxygen atoms in total. The van der Waals surface area contributed by atoms with Gasteiger partial charge in [-0.25, -0.2) is 4.98 Å². The summed E-state index contributed by atoms with van der Waals surface area (Å²) >= 11 is 0. The summed E-state index contributed by atoms with van der Waals surface area (Å²) in [6.07, 6.45) is 8.91. The van der Waals surface area contributed by atoms with E-state index in [2.05, 4.69) is 10.3 Å². The minimum atomic E-state index is -0.580. The van der Waals surface area contributed by atoms with Crippen molar-refractivity contribution in [3.8, 4) is 5.88 Å². The molecule has 24 heavy (non-hydrogen) atoms. The summed E-state index contributed by atoms with van der Waals surface area (Å²) in [5.41, 5.74) is 0.445. The fourth-order valence-corrected chi connectivity index (χ4v) is 2.91. The molecular formula is C18H22N2O4. The van der Waals surface area contributed by atoms with E-state index in [-0.39, 0.29) is 18.6 Å². The summed E-state index contributed by atoms with van der Waals surface area (Å²) in [7, 11) is 0. The monoisotopic (exact) mass is 330 g/mol. The van der Waals surface area contributed by atoms with Crippen molar-refractivity contribution >= 4 is 5.91 Å². The quantitative estimate of drug-likeness (QED) is 0.851. The Balaban J connectivity index is 1.65.